The summed E-state index contributed by atoms with van der Waals surface area (Å²) in [5, 5.41) is 10.6. The molecule has 4 aliphatic heterocycles. The third kappa shape index (κ3) is 4.74. The SMILES string of the molecule is CN1CCCC1C1CCCCC2CC(CO2)N2CCOc3c(Cl)c(-c4ccc(F)c5sc(N)c(C#N)c45)c(F)c4nc(nc2c34)O1. The van der Waals surface area contributed by atoms with Gasteiger partial charge < -0.3 is 24.8 Å². The van der Waals surface area contributed by atoms with E-state index in [0.717, 1.165) is 62.8 Å². The lowest BCUT2D eigenvalue weighted by Gasteiger charge is -2.30. The van der Waals surface area contributed by atoms with Crippen molar-refractivity contribution < 1.29 is 23.0 Å². The summed E-state index contributed by atoms with van der Waals surface area (Å²) in [6.07, 6.45) is 6.65. The van der Waals surface area contributed by atoms with Gasteiger partial charge in [0, 0.05) is 17.0 Å². The number of nitrogen functional groups attached to an aromatic ring is 1. The van der Waals surface area contributed by atoms with Crippen LogP contribution in [0, 0.1) is 23.0 Å². The van der Waals surface area contributed by atoms with Gasteiger partial charge in [-0.25, -0.2) is 8.78 Å². The summed E-state index contributed by atoms with van der Waals surface area (Å²) >= 11 is 8.00. The van der Waals surface area contributed by atoms with Crippen LogP contribution in [0.5, 0.6) is 11.8 Å². The highest BCUT2D eigenvalue weighted by Crippen LogP contribution is 2.51. The lowest BCUT2D eigenvalue weighted by Crippen LogP contribution is -2.41. The van der Waals surface area contributed by atoms with E-state index >= 15 is 4.39 Å². The molecule has 0 amide bonds. The molecule has 0 aliphatic carbocycles. The molecule has 2 aromatic carbocycles. The van der Waals surface area contributed by atoms with Gasteiger partial charge >= 0.3 is 6.01 Å². The number of fused-ring (bicyclic) bond motifs is 5. The van der Waals surface area contributed by atoms with Gasteiger partial charge in [0.15, 0.2) is 11.6 Å². The molecule has 2 aromatic heterocycles. The summed E-state index contributed by atoms with van der Waals surface area (Å²) in [5.41, 5.74) is 6.37. The van der Waals surface area contributed by atoms with Crippen molar-refractivity contribution in [2.24, 2.45) is 0 Å². The smallest absolute Gasteiger partial charge is 0.319 e. The third-order valence-electron chi connectivity index (χ3n) is 10.0. The first-order valence-electron chi connectivity index (χ1n) is 15.9. The molecule has 0 radical (unpaired) electrons. The maximum Gasteiger partial charge on any atom is 0.319 e. The van der Waals surface area contributed by atoms with E-state index in [9.17, 15) is 9.65 Å². The molecule has 2 saturated heterocycles. The van der Waals surface area contributed by atoms with E-state index in [2.05, 4.69) is 22.9 Å². The zero-order chi connectivity index (χ0) is 31.7. The molecule has 8 rings (SSSR count). The number of ether oxygens (including phenoxy) is 3. The number of aromatic nitrogens is 2. The number of hydrogen-bond donors (Lipinski definition) is 1. The first-order valence-corrected chi connectivity index (χ1v) is 17.0. The summed E-state index contributed by atoms with van der Waals surface area (Å²) in [7, 11) is 2.11. The Bertz CT molecular complexity index is 1920. The fraction of sp³-hybridized carbons (Fsp3) is 0.485. The van der Waals surface area contributed by atoms with Crippen molar-refractivity contribution >= 4 is 54.7 Å². The summed E-state index contributed by atoms with van der Waals surface area (Å²) in [4.78, 5) is 14.1. The summed E-state index contributed by atoms with van der Waals surface area (Å²) in [6.45, 7) is 2.25. The second-order valence-electron chi connectivity index (χ2n) is 12.7. The highest BCUT2D eigenvalue weighted by atomic mass is 35.5. The van der Waals surface area contributed by atoms with E-state index in [1.165, 1.54) is 12.1 Å². The maximum absolute atomic E-state index is 17.2. The van der Waals surface area contributed by atoms with Gasteiger partial charge in [0.1, 0.15) is 40.9 Å². The van der Waals surface area contributed by atoms with Crippen LogP contribution in [0.2, 0.25) is 5.02 Å². The largest absolute Gasteiger partial charge is 0.489 e. The summed E-state index contributed by atoms with van der Waals surface area (Å²) in [6, 6.07) is 5.01. The van der Waals surface area contributed by atoms with Gasteiger partial charge in [-0.1, -0.05) is 24.1 Å². The van der Waals surface area contributed by atoms with Crippen LogP contribution in [0.25, 0.3) is 32.1 Å². The minimum Gasteiger partial charge on any atom is -0.489 e. The Morgan fingerprint density at radius 2 is 1.96 bits per heavy atom. The van der Waals surface area contributed by atoms with Crippen LogP contribution in [0.4, 0.5) is 19.6 Å². The highest BCUT2D eigenvalue weighted by molar-refractivity contribution is 7.23. The topological polar surface area (TPSA) is 110 Å². The zero-order valence-electron chi connectivity index (χ0n) is 25.3. The molecule has 4 unspecified atom stereocenters. The van der Waals surface area contributed by atoms with E-state index in [0.29, 0.717) is 24.4 Å². The van der Waals surface area contributed by atoms with Crippen molar-refractivity contribution in [2.45, 2.75) is 69.2 Å². The van der Waals surface area contributed by atoms with E-state index in [4.69, 9.17) is 41.5 Å². The fourth-order valence-electron chi connectivity index (χ4n) is 7.78. The van der Waals surface area contributed by atoms with Crippen LogP contribution < -0.4 is 20.1 Å². The van der Waals surface area contributed by atoms with Crippen molar-refractivity contribution in [3.8, 4) is 29.0 Å². The molecule has 0 spiro atoms. The first kappa shape index (κ1) is 29.9. The second-order valence-corrected chi connectivity index (χ2v) is 14.1. The minimum absolute atomic E-state index is 0.00383. The Labute approximate surface area is 273 Å². The Morgan fingerprint density at radius 1 is 1.11 bits per heavy atom. The normalized spacial score (nSPS) is 25.1. The fourth-order valence-corrected chi connectivity index (χ4v) is 9.06. The number of hydrogen-bond acceptors (Lipinski definition) is 10. The Kier molecular flexibility index (Phi) is 7.55. The van der Waals surface area contributed by atoms with Gasteiger partial charge in [-0.05, 0) is 63.7 Å². The molecule has 0 saturated carbocycles. The molecular formula is C33H33ClF2N6O3S. The molecule has 2 fully saturated rings. The lowest BCUT2D eigenvalue weighted by molar-refractivity contribution is 0.0813. The third-order valence-corrected chi connectivity index (χ3v) is 11.4. The van der Waals surface area contributed by atoms with Gasteiger partial charge in [-0.15, -0.1) is 11.3 Å². The van der Waals surface area contributed by atoms with Crippen molar-refractivity contribution in [3.63, 3.8) is 0 Å². The van der Waals surface area contributed by atoms with Crippen molar-refractivity contribution in [2.75, 3.05) is 44.0 Å². The number of likely N-dealkylation sites (N-methyl/N-ethyl adjacent to an activating group) is 1. The van der Waals surface area contributed by atoms with E-state index in [-0.39, 0.29) is 85.0 Å². The molecule has 6 heterocycles. The maximum atomic E-state index is 17.2. The van der Waals surface area contributed by atoms with Gasteiger partial charge in [0.2, 0.25) is 0 Å². The molecule has 13 heteroatoms. The summed E-state index contributed by atoms with van der Waals surface area (Å²) in [5.74, 6) is -0.558. The number of nitrogens with zero attached hydrogens (tertiary/aromatic N) is 5. The van der Waals surface area contributed by atoms with Crippen molar-refractivity contribution in [1.82, 2.24) is 14.9 Å². The standard InChI is InChI=1S/C33H33ClF2N6O3S/c1-41-10-4-6-21(41)22-7-3-2-5-17-13-16(15-44-17)42-11-12-43-29-25-28(39-33(45-22)40-32(25)42)27(36)24(26(29)34)18-8-9-20(35)30-23(18)19(14-37)31(38)46-30/h8-9,16-17,21-22H,2-7,10-13,15,38H2,1H3. The Hall–Kier alpha value is -3.50. The van der Waals surface area contributed by atoms with E-state index < -0.39 is 11.6 Å². The number of nitrogens with two attached hydrogens (primary N) is 1. The number of benzene rings is 2. The molecule has 4 atom stereocenters. The molecule has 9 nitrogen and oxygen atoms in total. The predicted octanol–water partition coefficient (Wildman–Crippen LogP) is 6.67. The van der Waals surface area contributed by atoms with Crippen LogP contribution in [0.3, 0.4) is 0 Å². The van der Waals surface area contributed by atoms with E-state index in [1.807, 2.05) is 0 Å². The monoisotopic (exact) mass is 666 g/mol. The number of likely N-dealkylation sites (tertiary alicyclic amines) is 1. The van der Waals surface area contributed by atoms with Gasteiger partial charge in [-0.3, -0.25) is 4.90 Å². The number of anilines is 2. The molecule has 2 N–H and O–H groups in total. The number of thiophene rings is 1. The average Bonchev–Trinajstić information content (AvgIpc) is 3.74. The zero-order valence-corrected chi connectivity index (χ0v) is 26.9. The van der Waals surface area contributed by atoms with Crippen molar-refractivity contribution in [1.29, 1.82) is 5.26 Å². The number of nitriles is 1. The number of halogens is 3. The van der Waals surface area contributed by atoms with Crippen LogP contribution in [0.1, 0.15) is 50.5 Å². The van der Waals surface area contributed by atoms with Crippen molar-refractivity contribution in [3.05, 3.63) is 34.4 Å². The number of rotatable bonds is 2. The average molecular weight is 667 g/mol. The molecule has 240 valence electrons. The van der Waals surface area contributed by atoms with E-state index in [1.54, 1.807) is 0 Å². The Morgan fingerprint density at radius 3 is 2.76 bits per heavy atom. The van der Waals surface area contributed by atoms with Crippen LogP contribution in [0.15, 0.2) is 12.1 Å². The molecular weight excluding hydrogens is 634 g/mol. The predicted molar refractivity (Wildman–Crippen MR) is 174 cm³/mol. The quantitative estimate of drug-likeness (QED) is 0.251. The van der Waals surface area contributed by atoms with Crippen LogP contribution >= 0.6 is 22.9 Å². The van der Waals surface area contributed by atoms with Gasteiger partial charge in [0.25, 0.3) is 0 Å². The lowest BCUT2D eigenvalue weighted by atomic mass is 9.96. The highest BCUT2D eigenvalue weighted by Gasteiger charge is 2.38. The van der Waals surface area contributed by atoms with Crippen LogP contribution in [-0.4, -0.2) is 72.5 Å². The summed E-state index contributed by atoms with van der Waals surface area (Å²) < 4.78 is 51.5. The van der Waals surface area contributed by atoms with Gasteiger partial charge in [-0.2, -0.15) is 15.2 Å². The molecule has 4 bridgehead atoms. The molecule has 46 heavy (non-hydrogen) atoms. The molecule has 4 aliphatic rings. The molecule has 4 aromatic rings. The second kappa shape index (κ2) is 11.6. The Balaban J connectivity index is 1.38. The van der Waals surface area contributed by atoms with Crippen LogP contribution in [-0.2, 0) is 4.74 Å². The first-order chi connectivity index (χ1) is 22.3. The minimum atomic E-state index is -0.733. The van der Waals surface area contributed by atoms with Gasteiger partial charge in [0.05, 0.1) is 46.0 Å².